The second kappa shape index (κ2) is 7.44. The molecule has 124 valence electrons. The summed E-state index contributed by atoms with van der Waals surface area (Å²) in [4.78, 5) is 1.94. The minimum Gasteiger partial charge on any atom is -0.319 e. The molecule has 3 fully saturated rings. The van der Waals surface area contributed by atoms with Crippen LogP contribution in [-0.2, 0) is 0 Å². The first-order valence-corrected chi connectivity index (χ1v) is 8.72. The molecule has 0 unspecified atom stereocenters. The van der Waals surface area contributed by atoms with E-state index in [0.29, 0.717) is 38.6 Å². The Morgan fingerprint density at radius 3 is 2.00 bits per heavy atom. The fraction of sp³-hybridized carbons (Fsp3) is 1.00. The first-order valence-electron chi connectivity index (χ1n) is 8.72. The van der Waals surface area contributed by atoms with Crippen LogP contribution >= 0.6 is 0 Å². The molecular weight excluding hydrogens is 293 g/mol. The van der Waals surface area contributed by atoms with Crippen LogP contribution in [-0.4, -0.2) is 82.7 Å². The minimum absolute atomic E-state index is 0.102. The third-order valence-electron chi connectivity index (χ3n) is 5.30. The molecule has 0 bridgehead atoms. The Morgan fingerprint density at radius 1 is 1.04 bits per heavy atom. The molecule has 3 nitrogen and oxygen atoms in total. The van der Waals surface area contributed by atoms with E-state index in [1.807, 2.05) is 18.7 Å². The van der Waals surface area contributed by atoms with Gasteiger partial charge in [-0.15, -0.1) is 19.2 Å². The standard InChI is InChI=1S/C13H20B3F2N3.C2H6/c14-13(15,16)21(7-10-1-3-19(17)4-2-10)11-5-12(6-11)8-20(18)9-12;1-2/h10-11H,1-9H2;1-2H3. The fourth-order valence-corrected chi connectivity index (χ4v) is 4.09. The molecule has 1 saturated carbocycles. The molecule has 2 aliphatic heterocycles. The molecule has 23 heavy (non-hydrogen) atoms. The third kappa shape index (κ3) is 4.52. The maximum atomic E-state index is 13.1. The maximum absolute atomic E-state index is 13.1. The molecule has 0 aromatic carbocycles. The monoisotopic (exact) mass is 319 g/mol. The van der Waals surface area contributed by atoms with Gasteiger partial charge in [-0.3, -0.25) is 0 Å². The van der Waals surface area contributed by atoms with E-state index in [0.717, 1.165) is 35.9 Å². The van der Waals surface area contributed by atoms with Gasteiger partial charge in [0.2, 0.25) is 0 Å². The summed E-state index contributed by atoms with van der Waals surface area (Å²) in [5, 5.41) is 0.334. The van der Waals surface area contributed by atoms with E-state index in [1.165, 1.54) is 0 Å². The van der Waals surface area contributed by atoms with Crippen molar-refractivity contribution in [1.82, 2.24) is 15.1 Å². The van der Waals surface area contributed by atoms with E-state index in [9.17, 15) is 8.96 Å². The van der Waals surface area contributed by atoms with Crippen LogP contribution in [0, 0.1) is 11.3 Å². The van der Waals surface area contributed by atoms with Crippen molar-refractivity contribution in [2.45, 2.75) is 50.8 Å². The summed E-state index contributed by atoms with van der Waals surface area (Å²) in [7, 11) is 17.8. The number of hydrogen-bond donors (Lipinski definition) is 0. The lowest BCUT2D eigenvalue weighted by Gasteiger charge is -2.61. The van der Waals surface area contributed by atoms with Crippen LogP contribution in [0.2, 0.25) is 0 Å². The van der Waals surface area contributed by atoms with Crippen molar-refractivity contribution in [2.75, 3.05) is 32.7 Å². The highest BCUT2D eigenvalue weighted by atomic mass is 19.2. The van der Waals surface area contributed by atoms with Crippen molar-refractivity contribution in [3.05, 3.63) is 0 Å². The van der Waals surface area contributed by atoms with E-state index in [2.05, 4.69) is 0 Å². The van der Waals surface area contributed by atoms with E-state index in [-0.39, 0.29) is 11.5 Å². The smallest absolute Gasteiger partial charge is 0.0698 e. The van der Waals surface area contributed by atoms with Crippen LogP contribution in [0.3, 0.4) is 0 Å². The number of nitrogens with zero attached hydrogens (tertiary/aromatic N) is 3. The summed E-state index contributed by atoms with van der Waals surface area (Å²) in [5.41, 5.74) is 0.102. The molecule has 6 radical (unpaired) electrons. The number of rotatable bonds is 4. The van der Waals surface area contributed by atoms with Crippen LogP contribution in [0.1, 0.15) is 39.5 Å². The van der Waals surface area contributed by atoms with Gasteiger partial charge < -0.3 is 4.90 Å². The molecule has 3 aliphatic rings. The van der Waals surface area contributed by atoms with Crippen LogP contribution in [0.15, 0.2) is 0 Å². The molecule has 2 heterocycles. The van der Waals surface area contributed by atoms with Gasteiger partial charge in [-0.05, 0) is 38.1 Å². The van der Waals surface area contributed by atoms with Gasteiger partial charge in [0.1, 0.15) is 0 Å². The molecule has 1 spiro atoms. The van der Waals surface area contributed by atoms with E-state index in [4.69, 9.17) is 23.5 Å². The Kier molecular flexibility index (Phi) is 6.23. The van der Waals surface area contributed by atoms with Crippen molar-refractivity contribution in [3.8, 4) is 0 Å². The van der Waals surface area contributed by atoms with Crippen molar-refractivity contribution in [2.24, 2.45) is 11.3 Å². The van der Waals surface area contributed by atoms with Crippen LogP contribution < -0.4 is 0 Å². The lowest BCUT2D eigenvalue weighted by atomic mass is 9.46. The molecule has 1 aliphatic carbocycles. The van der Waals surface area contributed by atoms with Gasteiger partial charge in [0.05, 0.1) is 23.5 Å². The van der Waals surface area contributed by atoms with Crippen molar-refractivity contribution < 1.29 is 8.96 Å². The molecule has 0 atom stereocenters. The zero-order valence-electron chi connectivity index (χ0n) is 14.3. The van der Waals surface area contributed by atoms with Gasteiger partial charge in [-0.2, -0.15) is 0 Å². The Balaban J connectivity index is 0.000000924. The summed E-state index contributed by atoms with van der Waals surface area (Å²) in [6.07, 6.45) is 3.36. The second-order valence-electron chi connectivity index (χ2n) is 7.23. The van der Waals surface area contributed by atoms with Crippen molar-refractivity contribution >= 4 is 23.5 Å². The molecule has 0 aromatic heterocycles. The molecule has 8 heteroatoms. The average molecular weight is 319 g/mol. The van der Waals surface area contributed by atoms with Gasteiger partial charge in [0.25, 0.3) is 0 Å². The van der Waals surface area contributed by atoms with Crippen LogP contribution in [0.25, 0.3) is 0 Å². The summed E-state index contributed by atoms with van der Waals surface area (Å²) in [6, 6.07) is 0.210. The molecule has 0 amide bonds. The third-order valence-corrected chi connectivity index (χ3v) is 5.30. The predicted molar refractivity (Wildman–Crippen MR) is 91.6 cm³/mol. The topological polar surface area (TPSA) is 9.72 Å². The average Bonchev–Trinajstić information content (AvgIpc) is 2.42. The Bertz CT molecular complexity index is 373. The molecule has 0 N–H and O–H groups in total. The normalized spacial score (nSPS) is 26.5. The molecule has 3 rings (SSSR count). The zero-order chi connectivity index (χ0) is 17.3. The molecular formula is C15H26B3F2N3. The Morgan fingerprint density at radius 2 is 1.57 bits per heavy atom. The lowest BCUT2D eigenvalue weighted by molar-refractivity contribution is -0.190. The number of halogens is 2. The predicted octanol–water partition coefficient (Wildman–Crippen LogP) is 1.38. The van der Waals surface area contributed by atoms with Crippen molar-refractivity contribution in [3.63, 3.8) is 0 Å². The van der Waals surface area contributed by atoms with Crippen LogP contribution in [0.4, 0.5) is 8.96 Å². The molecule has 2 saturated heterocycles. The minimum atomic E-state index is -1.36. The van der Waals surface area contributed by atoms with E-state index >= 15 is 0 Å². The summed E-state index contributed by atoms with van der Waals surface area (Å²) in [6.45, 7) is 6.61. The van der Waals surface area contributed by atoms with Crippen molar-refractivity contribution in [1.29, 1.82) is 0 Å². The fourth-order valence-electron chi connectivity index (χ4n) is 4.09. The van der Waals surface area contributed by atoms with E-state index < -0.39 is 5.24 Å². The highest BCUT2D eigenvalue weighted by Gasteiger charge is 2.55. The van der Waals surface area contributed by atoms with Crippen LogP contribution in [0.5, 0.6) is 0 Å². The van der Waals surface area contributed by atoms with Gasteiger partial charge >= 0.3 is 0 Å². The second-order valence-corrected chi connectivity index (χ2v) is 7.23. The zero-order valence-corrected chi connectivity index (χ0v) is 14.3. The van der Waals surface area contributed by atoms with Gasteiger partial charge in [-0.1, -0.05) is 19.1 Å². The SMILES string of the molecule is CC.[B]C([B])([B])N(CC1CCN(F)CC1)C1CC2(C1)CN(F)C2. The largest absolute Gasteiger partial charge is 0.319 e. The lowest BCUT2D eigenvalue weighted by Crippen LogP contribution is -2.68. The van der Waals surface area contributed by atoms with Gasteiger partial charge in [0.15, 0.2) is 0 Å². The quantitative estimate of drug-likeness (QED) is 0.573. The first kappa shape index (κ1) is 19.3. The Labute approximate surface area is 143 Å². The highest BCUT2D eigenvalue weighted by Crippen LogP contribution is 2.51. The van der Waals surface area contributed by atoms with Gasteiger partial charge in [-0.25, -0.2) is 0 Å². The first-order chi connectivity index (χ1) is 10.8. The summed E-state index contributed by atoms with van der Waals surface area (Å²) in [5.74, 6) is 0.364. The summed E-state index contributed by atoms with van der Waals surface area (Å²) < 4.78 is 26.0. The highest BCUT2D eigenvalue weighted by molar-refractivity contribution is 6.59. The van der Waals surface area contributed by atoms with E-state index in [1.54, 1.807) is 0 Å². The number of piperidine rings is 1. The summed E-state index contributed by atoms with van der Waals surface area (Å²) >= 11 is 0. The van der Waals surface area contributed by atoms with Gasteiger partial charge in [0, 0.05) is 37.6 Å². The Hall–Kier alpha value is -0.0652. The molecule has 0 aromatic rings. The maximum Gasteiger partial charge on any atom is 0.0698 e. The number of hydrogen-bond acceptors (Lipinski definition) is 3.